The molecule has 0 unspecified atom stereocenters. The van der Waals surface area contributed by atoms with Crippen molar-refractivity contribution in [1.82, 2.24) is 0 Å². The van der Waals surface area contributed by atoms with E-state index < -0.39 is 0 Å². The Morgan fingerprint density at radius 3 is 0.727 bits per heavy atom. The molecule has 150 heavy (non-hydrogen) atoms. The van der Waals surface area contributed by atoms with Crippen LogP contribution < -0.4 is 0 Å². The Bertz CT molecular complexity index is 10800. The van der Waals surface area contributed by atoms with E-state index >= 15 is 0 Å². The van der Waals surface area contributed by atoms with Gasteiger partial charge in [-0.2, -0.15) is 0 Å². The van der Waals surface area contributed by atoms with Gasteiger partial charge in [0.15, 0.2) is 0 Å². The van der Waals surface area contributed by atoms with Crippen molar-refractivity contribution in [1.29, 1.82) is 0 Å². The van der Waals surface area contributed by atoms with Gasteiger partial charge in [0.05, 0.1) is 0 Å². The Kier molecular flexibility index (Phi) is 21.0. The second kappa shape index (κ2) is 36.2. The number of benzene rings is 28. The molecule has 28 aromatic carbocycles. The number of furan rings is 4. The minimum absolute atomic E-state index is 0.918. The summed E-state index contributed by atoms with van der Waals surface area (Å²) in [6.45, 7) is 0. The standard InChI is InChI=1S/C40H24O.C38H24O.C36H22O.C32H20O/c1-2-13-26-25(12-1)24-35(28-15-4-3-14-27(26)28)39-31-18-7-5-16-29(31)38(30-17-6-8-19-32(30)39)34-21-11-23-37-40(34)33-20-9-10-22-36(33)41-37;1-2-11-25(12-3-1)26-21-23-27(24-22-26)36-29-14-4-6-16-31(29)37(32-17-7-5-15-30(32)36)34-19-10-18-33-28-13-8-9-20-35(28)39-38(33)34;1-2-13-24-23(11-1)12-9-19-26(24)34-27-15-3-5-17-29(27)35(30-18-6-4-16-28(30)34)32-21-10-20-31-25-14-7-8-22-33(25)37-36(31)32;1-2-11-21(12-3-1)30-23-14-4-6-16-25(23)31(26-17-7-5-15-24(26)30)28-19-10-18-27-22-13-8-9-20-29(22)33-32(27)28/h1-24H;1-24H;1-22H;1-20H. The molecule has 698 valence electrons. The van der Waals surface area contributed by atoms with E-state index in [2.05, 4.69) is 516 Å². The smallest absolute Gasteiger partial charge is 0.143 e. The van der Waals surface area contributed by atoms with Gasteiger partial charge in [-0.25, -0.2) is 0 Å². The average molecular weight is 1910 g/mol. The van der Waals surface area contributed by atoms with Crippen molar-refractivity contribution in [2.45, 2.75) is 0 Å². The second-order valence-corrected chi connectivity index (χ2v) is 39.0. The summed E-state index contributed by atoms with van der Waals surface area (Å²) in [5.74, 6) is 0. The fraction of sp³-hybridized carbons (Fsp3) is 0. The molecule has 4 heterocycles. The third-order valence-electron chi connectivity index (χ3n) is 30.9. The number of hydrogen-bond donors (Lipinski definition) is 0. The molecule has 32 aromatic rings. The first-order chi connectivity index (χ1) is 74.5. The van der Waals surface area contributed by atoms with Crippen LogP contribution >= 0.6 is 0 Å². The van der Waals surface area contributed by atoms with Crippen LogP contribution in [0.15, 0.2) is 564 Å². The predicted molar refractivity (Wildman–Crippen MR) is 636 cm³/mol. The summed E-state index contributed by atoms with van der Waals surface area (Å²) in [4.78, 5) is 0. The maximum atomic E-state index is 6.51. The molecule has 32 rings (SSSR count). The lowest BCUT2D eigenvalue weighted by atomic mass is 9.83. The van der Waals surface area contributed by atoms with E-state index in [9.17, 15) is 0 Å². The van der Waals surface area contributed by atoms with Crippen LogP contribution in [0.1, 0.15) is 0 Å². The highest BCUT2D eigenvalue weighted by Crippen LogP contribution is 2.55. The zero-order chi connectivity index (χ0) is 98.8. The molecule has 0 spiro atoms. The fourth-order valence-corrected chi connectivity index (χ4v) is 24.5. The van der Waals surface area contributed by atoms with Crippen LogP contribution in [0.4, 0.5) is 0 Å². The molecule has 0 aliphatic heterocycles. The van der Waals surface area contributed by atoms with E-state index in [0.29, 0.717) is 0 Å². The highest BCUT2D eigenvalue weighted by Gasteiger charge is 2.28. The lowest BCUT2D eigenvalue weighted by Gasteiger charge is -2.20. The van der Waals surface area contributed by atoms with Gasteiger partial charge in [-0.15, -0.1) is 0 Å². The Hall–Kier alpha value is -19.8. The van der Waals surface area contributed by atoms with Crippen LogP contribution in [-0.2, 0) is 0 Å². The third-order valence-corrected chi connectivity index (χ3v) is 30.9. The summed E-state index contributed by atoms with van der Waals surface area (Å²) in [7, 11) is 0. The Morgan fingerprint density at radius 2 is 0.327 bits per heavy atom. The SMILES string of the molecule is c1ccc(-c2c3ccccc3c(-c3cccc4c3oc3ccccc34)c3ccccc23)cc1.c1ccc(-c2ccc(-c3c4ccccc4c(-c4cccc5c4oc4ccccc45)c4ccccc34)cc2)cc1.c1ccc2c(-c3c4ccccc4c(-c4cccc5c4oc4ccccc45)c4ccccc34)cccc2c1.c1ccc2c(c1)cc(-c1c3ccccc3c(-c3cccc4oc5ccccc5c34)c3ccccc13)c1ccccc12. The number of fused-ring (bicyclic) bond motifs is 24. The molecule has 0 N–H and O–H groups in total. The summed E-state index contributed by atoms with van der Waals surface area (Å²) in [5.41, 5.74) is 29.5. The van der Waals surface area contributed by atoms with Crippen molar-refractivity contribution in [2.24, 2.45) is 0 Å². The van der Waals surface area contributed by atoms with E-state index in [1.54, 1.807) is 0 Å². The minimum Gasteiger partial charge on any atom is -0.456 e. The quantitative estimate of drug-likeness (QED) is 0.107. The van der Waals surface area contributed by atoms with Crippen molar-refractivity contribution < 1.29 is 17.7 Å². The van der Waals surface area contributed by atoms with Crippen LogP contribution in [0.3, 0.4) is 0 Å². The number of para-hydroxylation sites is 7. The van der Waals surface area contributed by atoms with Crippen LogP contribution in [0.2, 0.25) is 0 Å². The molecular weight excluding hydrogens is 1820 g/mol. The van der Waals surface area contributed by atoms with Crippen molar-refractivity contribution in [3.05, 3.63) is 546 Å². The monoisotopic (exact) mass is 1910 g/mol. The van der Waals surface area contributed by atoms with Gasteiger partial charge in [0.1, 0.15) is 44.7 Å². The summed E-state index contributed by atoms with van der Waals surface area (Å²) < 4.78 is 25.8. The first-order valence-corrected chi connectivity index (χ1v) is 51.5. The molecule has 0 saturated heterocycles. The summed E-state index contributed by atoms with van der Waals surface area (Å²) in [6, 6.07) is 195. The highest BCUT2D eigenvalue weighted by atomic mass is 16.3. The number of hydrogen-bond acceptors (Lipinski definition) is 4. The predicted octanol–water partition coefficient (Wildman–Crippen LogP) is 42.0. The molecule has 0 fully saturated rings. The van der Waals surface area contributed by atoms with Gasteiger partial charge in [-0.05, 0) is 222 Å². The van der Waals surface area contributed by atoms with Crippen molar-refractivity contribution in [3.63, 3.8) is 0 Å². The van der Waals surface area contributed by atoms with Crippen LogP contribution in [0.5, 0.6) is 0 Å². The largest absolute Gasteiger partial charge is 0.456 e. The molecule has 0 atom stereocenters. The van der Waals surface area contributed by atoms with Gasteiger partial charge in [0.25, 0.3) is 0 Å². The fourth-order valence-electron chi connectivity index (χ4n) is 24.5. The summed E-state index contributed by atoms with van der Waals surface area (Å²) >= 11 is 0. The van der Waals surface area contributed by atoms with E-state index in [1.165, 1.54) is 207 Å². The topological polar surface area (TPSA) is 52.6 Å². The van der Waals surface area contributed by atoms with Crippen LogP contribution in [0, 0.1) is 0 Å². The van der Waals surface area contributed by atoms with E-state index in [1.807, 2.05) is 30.3 Å². The first kappa shape index (κ1) is 86.9. The van der Waals surface area contributed by atoms with E-state index in [0.717, 1.165) is 99.1 Å². The number of rotatable bonds is 9. The van der Waals surface area contributed by atoms with Gasteiger partial charge in [0, 0.05) is 76.5 Å². The van der Waals surface area contributed by atoms with Crippen LogP contribution in [0.25, 0.3) is 306 Å². The Morgan fingerprint density at radius 1 is 0.100 bits per heavy atom. The summed E-state index contributed by atoms with van der Waals surface area (Å²) in [5, 5.41) is 36.8. The molecule has 4 aromatic heterocycles. The minimum atomic E-state index is 0.918. The molecule has 4 heteroatoms. The maximum Gasteiger partial charge on any atom is 0.143 e. The third kappa shape index (κ3) is 14.3. The molecule has 0 saturated carbocycles. The van der Waals surface area contributed by atoms with Crippen LogP contribution in [-0.4, -0.2) is 0 Å². The molecule has 0 aliphatic carbocycles. The Balaban J connectivity index is 0.0000000941. The lowest BCUT2D eigenvalue weighted by molar-refractivity contribution is 0.669. The summed E-state index contributed by atoms with van der Waals surface area (Å²) in [6.07, 6.45) is 0. The molecule has 4 nitrogen and oxygen atoms in total. The first-order valence-electron chi connectivity index (χ1n) is 51.5. The zero-order valence-electron chi connectivity index (χ0n) is 81.6. The zero-order valence-corrected chi connectivity index (χ0v) is 81.6. The van der Waals surface area contributed by atoms with Gasteiger partial charge >= 0.3 is 0 Å². The van der Waals surface area contributed by atoms with E-state index in [-0.39, 0.29) is 0 Å². The van der Waals surface area contributed by atoms with Crippen molar-refractivity contribution in [2.75, 3.05) is 0 Å². The molecule has 0 aliphatic rings. The maximum absolute atomic E-state index is 6.51. The van der Waals surface area contributed by atoms with Crippen molar-refractivity contribution >= 4 is 206 Å². The van der Waals surface area contributed by atoms with Gasteiger partial charge in [-0.3, -0.25) is 0 Å². The van der Waals surface area contributed by atoms with Gasteiger partial charge in [-0.1, -0.05) is 510 Å². The second-order valence-electron chi connectivity index (χ2n) is 39.0. The Labute approximate surface area is 863 Å². The van der Waals surface area contributed by atoms with Crippen molar-refractivity contribution in [3.8, 4) is 100 Å². The lowest BCUT2D eigenvalue weighted by Crippen LogP contribution is -1.92. The average Bonchev–Trinajstić information content (AvgIpc) is 0.898. The molecule has 0 bridgehead atoms. The molecule has 0 radical (unpaired) electrons. The highest BCUT2D eigenvalue weighted by molar-refractivity contribution is 6.32. The van der Waals surface area contributed by atoms with E-state index in [4.69, 9.17) is 17.7 Å². The van der Waals surface area contributed by atoms with Gasteiger partial charge < -0.3 is 17.7 Å². The molecular formula is C146H90O4. The normalized spacial score (nSPS) is 11.7. The van der Waals surface area contributed by atoms with Gasteiger partial charge in [0.2, 0.25) is 0 Å². The molecule has 0 amide bonds.